The third kappa shape index (κ3) is 8.26. The second-order valence-corrected chi connectivity index (χ2v) is 20.9. The minimum absolute atomic E-state index is 0.0514. The number of para-hydroxylation sites is 2. The van der Waals surface area contributed by atoms with Gasteiger partial charge in [0, 0.05) is 23.0 Å². The highest BCUT2D eigenvalue weighted by atomic mass is 16.5. The van der Waals surface area contributed by atoms with Crippen molar-refractivity contribution < 1.29 is 9.30 Å². The summed E-state index contributed by atoms with van der Waals surface area (Å²) in [5.41, 5.74) is 16.8. The Morgan fingerprint density at radius 2 is 1.14 bits per heavy atom. The van der Waals surface area contributed by atoms with E-state index in [1.807, 2.05) is 12.3 Å². The second-order valence-electron chi connectivity index (χ2n) is 20.9. The molecule has 70 heavy (non-hydrogen) atoms. The summed E-state index contributed by atoms with van der Waals surface area (Å²) in [6, 6.07) is 69.7. The molecule has 0 saturated carbocycles. The Hall–Kier alpha value is -8.02. The molecule has 3 heterocycles. The van der Waals surface area contributed by atoms with Crippen LogP contribution in [0.2, 0.25) is 0 Å². The molecule has 11 aromatic rings. The van der Waals surface area contributed by atoms with E-state index in [0.717, 1.165) is 84.0 Å². The first kappa shape index (κ1) is 44.5. The Morgan fingerprint density at radius 1 is 0.500 bits per heavy atom. The van der Waals surface area contributed by atoms with Crippen LogP contribution in [0.5, 0.6) is 11.5 Å². The van der Waals surface area contributed by atoms with Crippen molar-refractivity contribution in [2.45, 2.75) is 72.1 Å². The molecule has 0 saturated heterocycles. The molecule has 0 amide bonds. The second kappa shape index (κ2) is 17.5. The van der Waals surface area contributed by atoms with Crippen molar-refractivity contribution >= 4 is 32.8 Å². The van der Waals surface area contributed by atoms with Crippen LogP contribution in [0.1, 0.15) is 78.0 Å². The van der Waals surface area contributed by atoms with Crippen LogP contribution in [0.15, 0.2) is 200 Å². The van der Waals surface area contributed by atoms with Crippen molar-refractivity contribution in [2.24, 2.45) is 0 Å². The van der Waals surface area contributed by atoms with Crippen LogP contribution < -0.4 is 9.30 Å². The van der Waals surface area contributed by atoms with Crippen LogP contribution in [0.3, 0.4) is 0 Å². The summed E-state index contributed by atoms with van der Waals surface area (Å²) in [4.78, 5) is 4.88. The van der Waals surface area contributed by atoms with E-state index < -0.39 is 0 Å². The topological polar surface area (TPSA) is 35.9 Å². The van der Waals surface area contributed by atoms with Gasteiger partial charge in [0.15, 0.2) is 0 Å². The lowest BCUT2D eigenvalue weighted by atomic mass is 9.78. The lowest BCUT2D eigenvalue weighted by Crippen LogP contribution is -2.31. The monoisotopic (exact) mass is 910 g/mol. The first-order valence-corrected chi connectivity index (χ1v) is 24.5. The van der Waals surface area contributed by atoms with Crippen molar-refractivity contribution in [2.75, 3.05) is 0 Å². The molecule has 3 aromatic heterocycles. The molecule has 0 bridgehead atoms. The number of rotatable bonds is 9. The van der Waals surface area contributed by atoms with E-state index >= 15 is 0 Å². The number of benzene rings is 8. The first-order chi connectivity index (χ1) is 33.8. The number of fused-ring (bicyclic) bond motifs is 4. The fourth-order valence-electron chi connectivity index (χ4n) is 9.79. The van der Waals surface area contributed by atoms with E-state index in [0.29, 0.717) is 5.92 Å². The number of aromatic nitrogens is 4. The van der Waals surface area contributed by atoms with Gasteiger partial charge in [-0.1, -0.05) is 189 Å². The van der Waals surface area contributed by atoms with Gasteiger partial charge < -0.3 is 4.74 Å². The van der Waals surface area contributed by atoms with Gasteiger partial charge in [0.1, 0.15) is 17.3 Å². The quantitative estimate of drug-likeness (QED) is 0.107. The lowest BCUT2D eigenvalue weighted by Gasteiger charge is -2.27. The van der Waals surface area contributed by atoms with Gasteiger partial charge in [0.2, 0.25) is 0 Å². The van der Waals surface area contributed by atoms with E-state index in [1.165, 1.54) is 27.6 Å². The highest BCUT2D eigenvalue weighted by Gasteiger charge is 2.25. The molecule has 0 aliphatic carbocycles. The Balaban J connectivity index is 1.09. The summed E-state index contributed by atoms with van der Waals surface area (Å²) in [5, 5.41) is 2.32. The van der Waals surface area contributed by atoms with Gasteiger partial charge in [0.25, 0.3) is 6.33 Å². The van der Waals surface area contributed by atoms with Gasteiger partial charge >= 0.3 is 0 Å². The first-order valence-electron chi connectivity index (χ1n) is 24.5. The van der Waals surface area contributed by atoms with Gasteiger partial charge in [0.05, 0.1) is 33.4 Å². The molecule has 0 aliphatic rings. The average Bonchev–Trinajstić information content (AvgIpc) is 3.91. The van der Waals surface area contributed by atoms with E-state index in [1.54, 1.807) is 0 Å². The fourth-order valence-corrected chi connectivity index (χ4v) is 9.79. The Kier molecular flexibility index (Phi) is 11.1. The molecule has 0 unspecified atom stereocenters. The SMILES string of the molecule is CC(C)c1ccnc(-n2c3ccccc3c3ccc(Oc4cccc(-n5[c-][n+](-c6c(-c7ccccc7)cccc6-c6cc(C(C)(C)C)cc(C(C)(C)C)c6)c6ccc(-c7ccccc7)cc65)c4)cc32)c1. The van der Waals surface area contributed by atoms with Crippen LogP contribution in [0, 0.1) is 6.33 Å². The predicted molar refractivity (Wildman–Crippen MR) is 290 cm³/mol. The van der Waals surface area contributed by atoms with Gasteiger partial charge in [-0.25, -0.2) is 4.98 Å². The van der Waals surface area contributed by atoms with E-state index in [2.05, 4.69) is 263 Å². The van der Waals surface area contributed by atoms with Crippen LogP contribution in [0.25, 0.3) is 83.4 Å². The molecule has 0 aliphatic heterocycles. The molecule has 11 rings (SSSR count). The maximum absolute atomic E-state index is 6.86. The van der Waals surface area contributed by atoms with Gasteiger partial charge in [-0.2, -0.15) is 0 Å². The average molecular weight is 911 g/mol. The highest BCUT2D eigenvalue weighted by Crippen LogP contribution is 2.40. The molecule has 0 N–H and O–H groups in total. The summed E-state index contributed by atoms with van der Waals surface area (Å²) < 4.78 is 13.6. The number of imidazole rings is 1. The number of pyridine rings is 1. The molecular formula is C65H58N4O. The van der Waals surface area contributed by atoms with Gasteiger partial charge in [-0.05, 0) is 121 Å². The van der Waals surface area contributed by atoms with Crippen molar-refractivity contribution in [3.05, 3.63) is 223 Å². The molecular weight excluding hydrogens is 853 g/mol. The smallest absolute Gasteiger partial charge is 0.269 e. The summed E-state index contributed by atoms with van der Waals surface area (Å²) in [5.74, 6) is 2.73. The minimum atomic E-state index is -0.0514. The van der Waals surface area contributed by atoms with Gasteiger partial charge in [-0.15, -0.1) is 0 Å². The summed E-state index contributed by atoms with van der Waals surface area (Å²) in [6.45, 7) is 18.3. The molecule has 344 valence electrons. The Labute approximate surface area is 411 Å². The van der Waals surface area contributed by atoms with Crippen molar-refractivity contribution in [1.29, 1.82) is 0 Å². The highest BCUT2D eigenvalue weighted by molar-refractivity contribution is 6.09. The molecule has 0 spiro atoms. The normalized spacial score (nSPS) is 12.1. The fraction of sp³-hybridized carbons (Fsp3) is 0.169. The summed E-state index contributed by atoms with van der Waals surface area (Å²) in [6.07, 6.45) is 5.86. The maximum atomic E-state index is 6.86. The third-order valence-corrected chi connectivity index (χ3v) is 13.7. The van der Waals surface area contributed by atoms with Crippen molar-refractivity contribution in [1.82, 2.24) is 14.1 Å². The van der Waals surface area contributed by atoms with E-state index in [4.69, 9.17) is 9.72 Å². The number of hydrogen-bond donors (Lipinski definition) is 0. The van der Waals surface area contributed by atoms with Gasteiger partial charge in [-0.3, -0.25) is 13.7 Å². The van der Waals surface area contributed by atoms with Crippen LogP contribution in [-0.4, -0.2) is 14.1 Å². The molecule has 0 fully saturated rings. The molecule has 5 heteroatoms. The number of nitrogens with zero attached hydrogens (tertiary/aromatic N) is 4. The van der Waals surface area contributed by atoms with Crippen LogP contribution >= 0.6 is 0 Å². The number of ether oxygens (including phenoxy) is 1. The van der Waals surface area contributed by atoms with E-state index in [-0.39, 0.29) is 10.8 Å². The molecule has 0 atom stereocenters. The van der Waals surface area contributed by atoms with Crippen molar-refractivity contribution in [3.8, 4) is 62.1 Å². The zero-order valence-corrected chi connectivity index (χ0v) is 41.3. The van der Waals surface area contributed by atoms with Crippen LogP contribution in [-0.2, 0) is 10.8 Å². The maximum Gasteiger partial charge on any atom is 0.269 e. The molecule has 0 radical (unpaired) electrons. The Morgan fingerprint density at radius 3 is 1.86 bits per heavy atom. The minimum Gasteiger partial charge on any atom is -0.458 e. The van der Waals surface area contributed by atoms with Crippen LogP contribution in [0.4, 0.5) is 0 Å². The van der Waals surface area contributed by atoms with Crippen molar-refractivity contribution in [3.63, 3.8) is 0 Å². The zero-order valence-electron chi connectivity index (χ0n) is 41.3. The largest absolute Gasteiger partial charge is 0.458 e. The zero-order chi connectivity index (χ0) is 48.3. The lowest BCUT2D eigenvalue weighted by molar-refractivity contribution is -0.571. The molecule has 5 nitrogen and oxygen atoms in total. The van der Waals surface area contributed by atoms with E-state index in [9.17, 15) is 0 Å². The number of hydrogen-bond acceptors (Lipinski definition) is 2. The summed E-state index contributed by atoms with van der Waals surface area (Å²) >= 11 is 0. The third-order valence-electron chi connectivity index (χ3n) is 13.7. The standard InChI is InChI=1S/C65H58N4O/c1-43(2)46-33-34-66-62(38-46)69-58-28-16-15-25-56(58)57-31-30-53(41-60(57)69)70-52-24-17-23-51(40-52)67-42-68(59-32-29-47(37-61(59)67)44-19-11-9-12-20-44)63-54(45-21-13-10-14-22-45)26-18-27-55(63)48-35-49(64(3,4)5)39-50(36-48)65(6,7)8/h9-41,43H,1-8H3. The predicted octanol–water partition coefficient (Wildman–Crippen LogP) is 16.7. The molecule has 8 aromatic carbocycles. The Bertz CT molecular complexity index is 3700. The summed E-state index contributed by atoms with van der Waals surface area (Å²) in [7, 11) is 0.